The molecule has 2 rings (SSSR count). The molecule has 2 aromatic heterocycles. The van der Waals surface area contributed by atoms with Crippen LogP contribution in [0.1, 0.15) is 5.69 Å². The van der Waals surface area contributed by atoms with Gasteiger partial charge in [-0.15, -0.1) is 0 Å². The third-order valence-electron chi connectivity index (χ3n) is 1.90. The summed E-state index contributed by atoms with van der Waals surface area (Å²) in [6, 6.07) is 6.82. The number of pyridine rings is 2. The summed E-state index contributed by atoms with van der Waals surface area (Å²) in [5.41, 5.74) is 7.05. The first-order chi connectivity index (χ1) is 7.63. The molecule has 0 bridgehead atoms. The Hall–Kier alpha value is -1.81. The first-order valence-corrected chi connectivity index (χ1v) is 5.05. The molecule has 0 aliphatic heterocycles. The third kappa shape index (κ3) is 2.61. The molecule has 0 aromatic carbocycles. The highest BCUT2D eigenvalue weighted by molar-refractivity contribution is 6.29. The van der Waals surface area contributed by atoms with Crippen LogP contribution in [-0.4, -0.2) is 9.97 Å². The van der Waals surface area contributed by atoms with Crippen molar-refractivity contribution in [3.05, 3.63) is 41.3 Å². The summed E-state index contributed by atoms with van der Waals surface area (Å²) < 4.78 is 5.46. The number of nitrogens with zero attached hydrogens (tertiary/aromatic N) is 2. The van der Waals surface area contributed by atoms with Gasteiger partial charge in [-0.3, -0.25) is 4.98 Å². The second-order valence-electron chi connectivity index (χ2n) is 3.30. The highest BCUT2D eigenvalue weighted by Crippen LogP contribution is 2.23. The van der Waals surface area contributed by atoms with Crippen LogP contribution in [0.15, 0.2) is 30.5 Å². The van der Waals surface area contributed by atoms with Crippen molar-refractivity contribution in [2.75, 3.05) is 5.73 Å². The van der Waals surface area contributed by atoms with Gasteiger partial charge in [-0.05, 0) is 25.1 Å². The van der Waals surface area contributed by atoms with E-state index in [1.807, 2.05) is 13.0 Å². The molecule has 0 saturated carbocycles. The summed E-state index contributed by atoms with van der Waals surface area (Å²) in [6.45, 7) is 1.90. The van der Waals surface area contributed by atoms with Crippen molar-refractivity contribution in [1.82, 2.24) is 9.97 Å². The fraction of sp³-hybridized carbons (Fsp3) is 0.0909. The number of anilines is 1. The van der Waals surface area contributed by atoms with Gasteiger partial charge >= 0.3 is 0 Å². The number of hydrogen-bond donors (Lipinski definition) is 1. The minimum Gasteiger partial charge on any atom is -0.437 e. The standard InChI is InChI=1S/C11H10ClN3O/c1-7-2-3-9(6-14-7)16-11-5-8(13)4-10(12)15-11/h2-6H,1H3,(H2,13,15). The SMILES string of the molecule is Cc1ccc(Oc2cc(N)cc(Cl)n2)cn1. The number of rotatable bonds is 2. The lowest BCUT2D eigenvalue weighted by Crippen LogP contribution is -1.92. The molecule has 2 heterocycles. The van der Waals surface area contributed by atoms with E-state index < -0.39 is 0 Å². The van der Waals surface area contributed by atoms with Gasteiger partial charge in [0.2, 0.25) is 5.88 Å². The van der Waals surface area contributed by atoms with Crippen LogP contribution in [0.25, 0.3) is 0 Å². The number of aromatic nitrogens is 2. The van der Waals surface area contributed by atoms with Gasteiger partial charge < -0.3 is 10.5 Å². The van der Waals surface area contributed by atoms with Gasteiger partial charge in [0.15, 0.2) is 0 Å². The van der Waals surface area contributed by atoms with Crippen LogP contribution >= 0.6 is 11.6 Å². The van der Waals surface area contributed by atoms with Gasteiger partial charge in [-0.2, -0.15) is 0 Å². The Bertz CT molecular complexity index is 479. The minimum absolute atomic E-state index is 0.301. The highest BCUT2D eigenvalue weighted by atomic mass is 35.5. The molecule has 2 aromatic rings. The van der Waals surface area contributed by atoms with E-state index in [1.54, 1.807) is 24.4 Å². The third-order valence-corrected chi connectivity index (χ3v) is 2.09. The van der Waals surface area contributed by atoms with E-state index in [1.165, 1.54) is 0 Å². The average molecular weight is 236 g/mol. The van der Waals surface area contributed by atoms with Crippen molar-refractivity contribution in [2.24, 2.45) is 0 Å². The monoisotopic (exact) mass is 235 g/mol. The summed E-state index contributed by atoms with van der Waals surface area (Å²) in [4.78, 5) is 8.09. The molecule has 0 amide bonds. The second kappa shape index (κ2) is 4.37. The van der Waals surface area contributed by atoms with E-state index in [0.29, 0.717) is 22.5 Å². The van der Waals surface area contributed by atoms with Crippen LogP contribution in [-0.2, 0) is 0 Å². The van der Waals surface area contributed by atoms with Crippen LogP contribution in [0.3, 0.4) is 0 Å². The van der Waals surface area contributed by atoms with Crippen molar-refractivity contribution in [2.45, 2.75) is 6.92 Å². The summed E-state index contributed by atoms with van der Waals surface area (Å²) in [5.74, 6) is 0.954. The lowest BCUT2D eigenvalue weighted by atomic mass is 10.4. The van der Waals surface area contributed by atoms with Gasteiger partial charge in [-0.1, -0.05) is 11.6 Å². The van der Waals surface area contributed by atoms with E-state index in [2.05, 4.69) is 9.97 Å². The van der Waals surface area contributed by atoms with Crippen molar-refractivity contribution < 1.29 is 4.74 Å². The predicted molar refractivity (Wildman–Crippen MR) is 62.7 cm³/mol. The number of halogens is 1. The fourth-order valence-electron chi connectivity index (χ4n) is 1.18. The van der Waals surface area contributed by atoms with E-state index in [0.717, 1.165) is 5.69 Å². The maximum atomic E-state index is 5.75. The summed E-state index contributed by atoms with van der Waals surface area (Å²) in [6.07, 6.45) is 1.62. The van der Waals surface area contributed by atoms with Crippen LogP contribution in [0.4, 0.5) is 5.69 Å². The molecule has 0 saturated heterocycles. The first kappa shape index (κ1) is 10.7. The maximum absolute atomic E-state index is 5.75. The zero-order valence-corrected chi connectivity index (χ0v) is 9.40. The average Bonchev–Trinajstić information content (AvgIpc) is 2.20. The Labute approximate surface area is 98.0 Å². The Morgan fingerprint density at radius 1 is 1.31 bits per heavy atom. The van der Waals surface area contributed by atoms with Gasteiger partial charge in [0, 0.05) is 17.4 Å². The molecule has 0 fully saturated rings. The number of hydrogen-bond acceptors (Lipinski definition) is 4. The number of aryl methyl sites for hydroxylation is 1. The first-order valence-electron chi connectivity index (χ1n) is 4.67. The van der Waals surface area contributed by atoms with Gasteiger partial charge in [0.05, 0.1) is 6.20 Å². The van der Waals surface area contributed by atoms with Crippen molar-refractivity contribution in [3.63, 3.8) is 0 Å². The smallest absolute Gasteiger partial charge is 0.222 e. The van der Waals surface area contributed by atoms with Crippen molar-refractivity contribution >= 4 is 17.3 Å². The molecule has 82 valence electrons. The summed E-state index contributed by atoms with van der Waals surface area (Å²) >= 11 is 5.75. The van der Waals surface area contributed by atoms with Crippen LogP contribution < -0.4 is 10.5 Å². The topological polar surface area (TPSA) is 61.0 Å². The maximum Gasteiger partial charge on any atom is 0.222 e. The summed E-state index contributed by atoms with van der Waals surface area (Å²) in [5, 5.41) is 0.301. The molecular weight excluding hydrogens is 226 g/mol. The predicted octanol–water partition coefficient (Wildman–Crippen LogP) is 2.81. The minimum atomic E-state index is 0.301. The summed E-state index contributed by atoms with van der Waals surface area (Å²) in [7, 11) is 0. The lowest BCUT2D eigenvalue weighted by Gasteiger charge is -2.05. The van der Waals surface area contributed by atoms with Crippen molar-refractivity contribution in [1.29, 1.82) is 0 Å². The molecular formula is C11H10ClN3O. The quantitative estimate of drug-likeness (QED) is 0.813. The molecule has 0 aliphatic carbocycles. The lowest BCUT2D eigenvalue weighted by molar-refractivity contribution is 0.461. The number of ether oxygens (including phenoxy) is 1. The molecule has 0 aliphatic rings. The van der Waals surface area contributed by atoms with E-state index in [-0.39, 0.29) is 0 Å². The molecule has 0 atom stereocenters. The fourth-order valence-corrected chi connectivity index (χ4v) is 1.39. The zero-order valence-electron chi connectivity index (χ0n) is 8.64. The van der Waals surface area contributed by atoms with Crippen LogP contribution in [0.5, 0.6) is 11.6 Å². The molecule has 5 heteroatoms. The molecule has 0 unspecified atom stereocenters. The van der Waals surface area contributed by atoms with E-state index >= 15 is 0 Å². The van der Waals surface area contributed by atoms with E-state index in [9.17, 15) is 0 Å². The van der Waals surface area contributed by atoms with Gasteiger partial charge in [-0.25, -0.2) is 4.98 Å². The molecule has 16 heavy (non-hydrogen) atoms. The molecule has 0 radical (unpaired) electrons. The van der Waals surface area contributed by atoms with Crippen LogP contribution in [0.2, 0.25) is 5.15 Å². The van der Waals surface area contributed by atoms with Gasteiger partial charge in [0.25, 0.3) is 0 Å². The van der Waals surface area contributed by atoms with Crippen LogP contribution in [0, 0.1) is 6.92 Å². The second-order valence-corrected chi connectivity index (χ2v) is 3.69. The Balaban J connectivity index is 2.23. The number of nitrogen functional groups attached to an aromatic ring is 1. The highest BCUT2D eigenvalue weighted by Gasteiger charge is 2.02. The Morgan fingerprint density at radius 3 is 2.75 bits per heavy atom. The Morgan fingerprint density at radius 2 is 2.12 bits per heavy atom. The Kier molecular flexibility index (Phi) is 2.92. The van der Waals surface area contributed by atoms with Gasteiger partial charge in [0.1, 0.15) is 10.9 Å². The molecule has 0 spiro atoms. The zero-order chi connectivity index (χ0) is 11.5. The normalized spacial score (nSPS) is 10.1. The van der Waals surface area contributed by atoms with Crippen molar-refractivity contribution in [3.8, 4) is 11.6 Å². The molecule has 2 N–H and O–H groups in total. The van der Waals surface area contributed by atoms with E-state index in [4.69, 9.17) is 22.1 Å². The largest absolute Gasteiger partial charge is 0.437 e. The molecule has 4 nitrogen and oxygen atoms in total. The number of nitrogens with two attached hydrogens (primary N) is 1.